The molecule has 0 radical (unpaired) electrons. The zero-order valence-corrected chi connectivity index (χ0v) is 15.4. The van der Waals surface area contributed by atoms with Gasteiger partial charge in [0.2, 0.25) is 0 Å². The molecular weight excluding hydrogens is 310 g/mol. The molecule has 1 atom stereocenters. The van der Waals surface area contributed by atoms with Crippen molar-refractivity contribution in [2.75, 3.05) is 13.2 Å². The molecule has 1 saturated carbocycles. The second-order valence-electron chi connectivity index (χ2n) is 7.80. The van der Waals surface area contributed by atoms with E-state index in [4.69, 9.17) is 16.3 Å². The summed E-state index contributed by atoms with van der Waals surface area (Å²) in [6.07, 6.45) is 6.02. The van der Waals surface area contributed by atoms with Crippen LogP contribution in [0, 0.1) is 0 Å². The summed E-state index contributed by atoms with van der Waals surface area (Å²) in [7, 11) is 0. The highest BCUT2D eigenvalue weighted by Crippen LogP contribution is 2.36. The summed E-state index contributed by atoms with van der Waals surface area (Å²) >= 11 is 6.37. The summed E-state index contributed by atoms with van der Waals surface area (Å²) in [4.78, 5) is 0. The van der Waals surface area contributed by atoms with Crippen molar-refractivity contribution in [3.8, 4) is 5.75 Å². The minimum absolute atomic E-state index is 0.111. The van der Waals surface area contributed by atoms with Gasteiger partial charge in [-0.15, -0.1) is 0 Å². The molecule has 130 valence electrons. The second kappa shape index (κ2) is 8.36. The predicted octanol–water partition coefficient (Wildman–Crippen LogP) is 3.49. The molecule has 3 nitrogen and oxygen atoms in total. The van der Waals surface area contributed by atoms with Gasteiger partial charge in [0.05, 0.1) is 10.6 Å². The number of nitrogens with two attached hydrogens (primary N) is 1. The number of hydrogen-bond donors (Lipinski definition) is 2. The lowest BCUT2D eigenvalue weighted by molar-refractivity contribution is -0.722. The first-order chi connectivity index (χ1) is 10.8. The smallest absolute Gasteiger partial charge is 0.138 e. The number of hydrogen-bond acceptors (Lipinski definition) is 2. The Balaban J connectivity index is 1.85. The first-order valence-electron chi connectivity index (χ1n) is 8.80. The van der Waals surface area contributed by atoms with E-state index in [1.807, 2.05) is 12.1 Å². The van der Waals surface area contributed by atoms with Crippen LogP contribution in [0.1, 0.15) is 64.4 Å². The van der Waals surface area contributed by atoms with Crippen LogP contribution in [0.15, 0.2) is 18.2 Å². The van der Waals surface area contributed by atoms with Gasteiger partial charge in [0.15, 0.2) is 0 Å². The van der Waals surface area contributed by atoms with Gasteiger partial charge < -0.3 is 15.2 Å². The maximum Gasteiger partial charge on any atom is 0.138 e. The van der Waals surface area contributed by atoms with E-state index in [-0.39, 0.29) is 12.1 Å². The molecule has 3 N–H and O–H groups in total. The van der Waals surface area contributed by atoms with Gasteiger partial charge in [-0.3, -0.25) is 0 Å². The van der Waals surface area contributed by atoms with Gasteiger partial charge in [-0.25, -0.2) is 0 Å². The van der Waals surface area contributed by atoms with Gasteiger partial charge in [-0.05, 0) is 57.2 Å². The van der Waals surface area contributed by atoms with Crippen molar-refractivity contribution in [2.24, 2.45) is 0 Å². The molecule has 0 unspecified atom stereocenters. The number of aliphatic hydroxyl groups excluding tert-OH is 1. The summed E-state index contributed by atoms with van der Waals surface area (Å²) in [6, 6.07) is 6.12. The van der Waals surface area contributed by atoms with E-state index in [1.165, 1.54) is 37.7 Å². The molecule has 4 heteroatoms. The molecule has 2 rings (SSSR count). The summed E-state index contributed by atoms with van der Waals surface area (Å²) in [5, 5.41) is 12.8. The zero-order chi connectivity index (χ0) is 16.9. The van der Waals surface area contributed by atoms with Crippen LogP contribution < -0.4 is 10.1 Å². The number of benzene rings is 1. The Labute approximate surface area is 145 Å². The lowest BCUT2D eigenvalue weighted by Crippen LogP contribution is -2.96. The highest BCUT2D eigenvalue weighted by molar-refractivity contribution is 6.32. The van der Waals surface area contributed by atoms with Crippen LogP contribution in [0.25, 0.3) is 0 Å². The number of halogens is 1. The molecular formula is C19H31ClNO2+. The van der Waals surface area contributed by atoms with E-state index >= 15 is 0 Å². The lowest BCUT2D eigenvalue weighted by Gasteiger charge is -2.23. The zero-order valence-electron chi connectivity index (χ0n) is 14.6. The van der Waals surface area contributed by atoms with Crippen molar-refractivity contribution in [2.45, 2.75) is 70.4 Å². The van der Waals surface area contributed by atoms with Crippen LogP contribution in [0.2, 0.25) is 5.02 Å². The third-order valence-corrected chi connectivity index (χ3v) is 4.76. The van der Waals surface area contributed by atoms with E-state index in [1.54, 1.807) is 0 Å². The maximum absolute atomic E-state index is 10.0. The van der Waals surface area contributed by atoms with Crippen molar-refractivity contribution in [3.05, 3.63) is 28.8 Å². The van der Waals surface area contributed by atoms with Gasteiger partial charge >= 0.3 is 0 Å². The minimum atomic E-state index is -0.497. The fourth-order valence-corrected chi connectivity index (χ4v) is 3.31. The van der Waals surface area contributed by atoms with E-state index in [0.717, 1.165) is 0 Å². The molecule has 1 fully saturated rings. The average molecular weight is 341 g/mol. The van der Waals surface area contributed by atoms with E-state index in [9.17, 15) is 5.11 Å². The van der Waals surface area contributed by atoms with Crippen LogP contribution in [-0.4, -0.2) is 29.9 Å². The summed E-state index contributed by atoms with van der Waals surface area (Å²) < 4.78 is 5.70. The number of rotatable bonds is 6. The normalized spacial score (nSPS) is 18.0. The van der Waals surface area contributed by atoms with E-state index < -0.39 is 6.10 Å². The van der Waals surface area contributed by atoms with Crippen molar-refractivity contribution in [1.82, 2.24) is 0 Å². The standard InChI is InChI=1S/C19H30ClNO2/c1-19(2,3)21-12-16(22)13-23-18-10-9-15(11-17(18)20)14-7-5-4-6-8-14/h9-11,14,16,21-22H,4-8,12-13H2,1-3H3/p+1/t16-/m1/s1. The number of aliphatic hydroxyl groups is 1. The van der Waals surface area contributed by atoms with Gasteiger partial charge in [0, 0.05) is 0 Å². The van der Waals surface area contributed by atoms with E-state index in [2.05, 4.69) is 32.2 Å². The molecule has 23 heavy (non-hydrogen) atoms. The maximum atomic E-state index is 10.0. The molecule has 0 aliphatic heterocycles. The number of quaternary nitrogens is 1. The Kier molecular flexibility index (Phi) is 6.75. The topological polar surface area (TPSA) is 46.1 Å². The Hall–Kier alpha value is -0.770. The molecule has 0 bridgehead atoms. The van der Waals surface area contributed by atoms with Crippen molar-refractivity contribution < 1.29 is 15.2 Å². The second-order valence-corrected chi connectivity index (χ2v) is 8.20. The average Bonchev–Trinajstić information content (AvgIpc) is 2.52. The third-order valence-electron chi connectivity index (χ3n) is 4.47. The van der Waals surface area contributed by atoms with Crippen LogP contribution >= 0.6 is 11.6 Å². The summed E-state index contributed by atoms with van der Waals surface area (Å²) in [5.74, 6) is 1.31. The van der Waals surface area contributed by atoms with Crippen molar-refractivity contribution in [1.29, 1.82) is 0 Å². The molecule has 0 aromatic heterocycles. The Morgan fingerprint density at radius 3 is 2.57 bits per heavy atom. The lowest BCUT2D eigenvalue weighted by atomic mass is 9.84. The highest BCUT2D eigenvalue weighted by Gasteiger charge is 2.18. The van der Waals surface area contributed by atoms with Crippen molar-refractivity contribution >= 4 is 11.6 Å². The third kappa shape index (κ3) is 6.33. The fourth-order valence-electron chi connectivity index (χ4n) is 3.07. The molecule has 1 aliphatic rings. The molecule has 0 saturated heterocycles. The quantitative estimate of drug-likeness (QED) is 0.832. The highest BCUT2D eigenvalue weighted by atomic mass is 35.5. The van der Waals surface area contributed by atoms with Crippen LogP contribution in [0.5, 0.6) is 5.75 Å². The first-order valence-corrected chi connectivity index (χ1v) is 9.17. The summed E-state index contributed by atoms with van der Waals surface area (Å²) in [6.45, 7) is 7.28. The molecule has 1 aromatic rings. The van der Waals surface area contributed by atoms with Crippen LogP contribution in [0.4, 0.5) is 0 Å². The largest absolute Gasteiger partial charge is 0.489 e. The van der Waals surface area contributed by atoms with Gasteiger partial charge in [-0.2, -0.15) is 0 Å². The Morgan fingerprint density at radius 2 is 1.96 bits per heavy atom. The Morgan fingerprint density at radius 1 is 1.26 bits per heavy atom. The Bertz CT molecular complexity index is 493. The molecule has 0 heterocycles. The first kappa shape index (κ1) is 18.6. The van der Waals surface area contributed by atoms with Gasteiger partial charge in [0.25, 0.3) is 0 Å². The van der Waals surface area contributed by atoms with E-state index in [0.29, 0.717) is 23.2 Å². The minimum Gasteiger partial charge on any atom is -0.489 e. The molecule has 0 spiro atoms. The predicted molar refractivity (Wildman–Crippen MR) is 95.3 cm³/mol. The molecule has 1 aromatic carbocycles. The monoisotopic (exact) mass is 340 g/mol. The van der Waals surface area contributed by atoms with Gasteiger partial charge in [-0.1, -0.05) is 36.9 Å². The van der Waals surface area contributed by atoms with Crippen LogP contribution in [-0.2, 0) is 0 Å². The van der Waals surface area contributed by atoms with Gasteiger partial charge in [0.1, 0.15) is 25.0 Å². The number of ether oxygens (including phenoxy) is 1. The SMILES string of the molecule is CC(C)(C)[NH2+]C[C@@H](O)COc1ccc(C2CCCCC2)cc1Cl. The van der Waals surface area contributed by atoms with Crippen LogP contribution in [0.3, 0.4) is 0 Å². The molecule has 0 amide bonds. The molecule has 1 aliphatic carbocycles. The summed E-state index contributed by atoms with van der Waals surface area (Å²) in [5.41, 5.74) is 1.43. The fraction of sp³-hybridized carbons (Fsp3) is 0.684. The van der Waals surface area contributed by atoms with Crippen molar-refractivity contribution in [3.63, 3.8) is 0 Å².